The minimum Gasteiger partial charge on any atom is -0.383 e. The minimum atomic E-state index is -3.51. The summed E-state index contributed by atoms with van der Waals surface area (Å²) in [5.41, 5.74) is 2.07. The molecule has 6 heteroatoms. The van der Waals surface area contributed by atoms with E-state index >= 15 is 0 Å². The molecule has 2 heterocycles. The van der Waals surface area contributed by atoms with Gasteiger partial charge in [-0.15, -0.1) is 0 Å². The molecule has 2 aromatic rings. The zero-order valence-electron chi connectivity index (χ0n) is 17.2. The molecule has 2 saturated heterocycles. The average molecular weight is 415 g/mol. The van der Waals surface area contributed by atoms with E-state index in [0.717, 1.165) is 24.9 Å². The SMILES string of the molecule is COCC1[C@@H](c2ccccc2)[C@@H]2CN(S(=O)(=O)c3ccccc3C)CCCCN12. The highest BCUT2D eigenvalue weighted by atomic mass is 32.2. The Labute approximate surface area is 174 Å². The Balaban J connectivity index is 1.65. The molecule has 2 aromatic carbocycles. The third-order valence-electron chi connectivity index (χ3n) is 6.38. The van der Waals surface area contributed by atoms with Gasteiger partial charge >= 0.3 is 0 Å². The number of hydrogen-bond donors (Lipinski definition) is 0. The van der Waals surface area contributed by atoms with Crippen molar-refractivity contribution in [1.29, 1.82) is 0 Å². The van der Waals surface area contributed by atoms with Crippen LogP contribution in [-0.4, -0.2) is 63.1 Å². The van der Waals surface area contributed by atoms with Gasteiger partial charge in [0, 0.05) is 38.2 Å². The molecule has 0 aromatic heterocycles. The van der Waals surface area contributed by atoms with Crippen LogP contribution in [0.5, 0.6) is 0 Å². The highest BCUT2D eigenvalue weighted by Gasteiger charge is 2.50. The van der Waals surface area contributed by atoms with Crippen LogP contribution in [0.2, 0.25) is 0 Å². The van der Waals surface area contributed by atoms with E-state index < -0.39 is 10.0 Å². The number of rotatable bonds is 5. The van der Waals surface area contributed by atoms with Crippen molar-refractivity contribution in [3.8, 4) is 0 Å². The lowest BCUT2D eigenvalue weighted by Gasteiger charge is -2.57. The molecular weight excluding hydrogens is 384 g/mol. The fraction of sp³-hybridized carbons (Fsp3) is 0.478. The summed E-state index contributed by atoms with van der Waals surface area (Å²) in [6.07, 6.45) is 1.88. The molecule has 2 fully saturated rings. The summed E-state index contributed by atoms with van der Waals surface area (Å²) in [5.74, 6) is 0.281. The van der Waals surface area contributed by atoms with Gasteiger partial charge in [0.15, 0.2) is 0 Å². The first-order valence-electron chi connectivity index (χ1n) is 10.4. The van der Waals surface area contributed by atoms with Crippen molar-refractivity contribution in [2.45, 2.75) is 42.7 Å². The maximum Gasteiger partial charge on any atom is 0.243 e. The van der Waals surface area contributed by atoms with E-state index in [9.17, 15) is 8.42 Å². The topological polar surface area (TPSA) is 49.9 Å². The van der Waals surface area contributed by atoms with Crippen LogP contribution < -0.4 is 0 Å². The van der Waals surface area contributed by atoms with Gasteiger partial charge in [-0.2, -0.15) is 4.31 Å². The van der Waals surface area contributed by atoms with E-state index in [2.05, 4.69) is 29.2 Å². The van der Waals surface area contributed by atoms with E-state index in [1.54, 1.807) is 23.5 Å². The maximum absolute atomic E-state index is 13.5. The molecule has 2 aliphatic rings. The number of aryl methyl sites for hydroxylation is 1. The summed E-state index contributed by atoms with van der Waals surface area (Å²) >= 11 is 0. The number of nitrogens with zero attached hydrogens (tertiary/aromatic N) is 2. The third kappa shape index (κ3) is 3.87. The predicted octanol–water partition coefficient (Wildman–Crippen LogP) is 3.26. The number of methoxy groups -OCH3 is 1. The molecule has 0 N–H and O–H groups in total. The highest BCUT2D eigenvalue weighted by Crippen LogP contribution is 2.42. The molecule has 3 atom stereocenters. The second kappa shape index (κ2) is 8.56. The molecule has 5 nitrogen and oxygen atoms in total. The Bertz CT molecular complexity index is 932. The Kier molecular flexibility index (Phi) is 6.06. The number of fused-ring (bicyclic) bond motifs is 1. The normalized spacial score (nSPS) is 26.2. The Hall–Kier alpha value is -1.73. The van der Waals surface area contributed by atoms with Crippen LogP contribution in [-0.2, 0) is 14.8 Å². The van der Waals surface area contributed by atoms with Gasteiger partial charge in [0.25, 0.3) is 0 Å². The molecule has 156 valence electrons. The van der Waals surface area contributed by atoms with Gasteiger partial charge in [0.2, 0.25) is 10.0 Å². The quantitative estimate of drug-likeness (QED) is 0.754. The summed E-state index contributed by atoms with van der Waals surface area (Å²) in [4.78, 5) is 2.89. The lowest BCUT2D eigenvalue weighted by Crippen LogP contribution is -2.68. The monoisotopic (exact) mass is 414 g/mol. The molecular formula is C23H30N2O3S. The Morgan fingerprint density at radius 2 is 1.69 bits per heavy atom. The lowest BCUT2D eigenvalue weighted by atomic mass is 9.74. The molecule has 0 bridgehead atoms. The highest BCUT2D eigenvalue weighted by molar-refractivity contribution is 7.89. The van der Waals surface area contributed by atoms with Crippen molar-refractivity contribution < 1.29 is 13.2 Å². The van der Waals surface area contributed by atoms with Gasteiger partial charge in [0.05, 0.1) is 11.5 Å². The van der Waals surface area contributed by atoms with Crippen molar-refractivity contribution >= 4 is 10.0 Å². The minimum absolute atomic E-state index is 0.177. The third-order valence-corrected chi connectivity index (χ3v) is 8.40. The number of benzene rings is 2. The fourth-order valence-electron chi connectivity index (χ4n) is 4.94. The molecule has 2 aliphatic heterocycles. The smallest absolute Gasteiger partial charge is 0.243 e. The fourth-order valence-corrected chi connectivity index (χ4v) is 6.66. The second-order valence-electron chi connectivity index (χ2n) is 8.10. The lowest BCUT2D eigenvalue weighted by molar-refractivity contribution is -0.0635. The van der Waals surface area contributed by atoms with Crippen LogP contribution in [0.15, 0.2) is 59.5 Å². The van der Waals surface area contributed by atoms with Gasteiger partial charge in [0.1, 0.15) is 0 Å². The average Bonchev–Trinajstić information content (AvgIpc) is 2.70. The van der Waals surface area contributed by atoms with E-state index in [1.165, 1.54) is 5.56 Å². The van der Waals surface area contributed by atoms with Crippen LogP contribution in [0.25, 0.3) is 0 Å². The maximum atomic E-state index is 13.5. The van der Waals surface area contributed by atoms with Crippen LogP contribution in [0.3, 0.4) is 0 Å². The van der Waals surface area contributed by atoms with Gasteiger partial charge in [-0.3, -0.25) is 4.90 Å². The molecule has 0 amide bonds. The first kappa shape index (κ1) is 20.5. The number of hydrogen-bond acceptors (Lipinski definition) is 4. The number of sulfonamides is 1. The van der Waals surface area contributed by atoms with E-state index in [-0.39, 0.29) is 12.0 Å². The molecule has 29 heavy (non-hydrogen) atoms. The first-order chi connectivity index (χ1) is 14.0. The summed E-state index contributed by atoms with van der Waals surface area (Å²) in [7, 11) is -1.77. The Morgan fingerprint density at radius 1 is 1.00 bits per heavy atom. The van der Waals surface area contributed by atoms with E-state index in [0.29, 0.717) is 30.6 Å². The second-order valence-corrected chi connectivity index (χ2v) is 10.0. The van der Waals surface area contributed by atoms with Crippen LogP contribution >= 0.6 is 0 Å². The van der Waals surface area contributed by atoms with Crippen molar-refractivity contribution in [3.63, 3.8) is 0 Å². The van der Waals surface area contributed by atoms with Gasteiger partial charge in [-0.1, -0.05) is 48.5 Å². The van der Waals surface area contributed by atoms with Crippen molar-refractivity contribution in [2.75, 3.05) is 33.4 Å². The predicted molar refractivity (Wildman–Crippen MR) is 115 cm³/mol. The van der Waals surface area contributed by atoms with Crippen molar-refractivity contribution in [3.05, 3.63) is 65.7 Å². The number of ether oxygens (including phenoxy) is 1. The standard InChI is InChI=1S/C23H30N2O3S/c1-18-10-6-7-13-22(18)29(26,27)24-14-8-9-15-25-20(16-24)23(21(25)17-28-2)19-11-4-3-5-12-19/h3-7,10-13,20-21,23H,8-9,14-17H2,1-2H3/t20-,21?,23-/m0/s1. The zero-order chi connectivity index (χ0) is 20.4. The first-order valence-corrected chi connectivity index (χ1v) is 11.8. The summed E-state index contributed by atoms with van der Waals surface area (Å²) < 4.78 is 34.2. The zero-order valence-corrected chi connectivity index (χ0v) is 18.0. The van der Waals surface area contributed by atoms with Crippen LogP contribution in [0.4, 0.5) is 0 Å². The molecule has 0 spiro atoms. The van der Waals surface area contributed by atoms with E-state index in [4.69, 9.17) is 4.74 Å². The molecule has 1 unspecified atom stereocenters. The van der Waals surface area contributed by atoms with Crippen LogP contribution in [0.1, 0.15) is 29.9 Å². The molecule has 0 radical (unpaired) electrons. The largest absolute Gasteiger partial charge is 0.383 e. The van der Waals surface area contributed by atoms with Gasteiger partial charge in [-0.25, -0.2) is 8.42 Å². The Morgan fingerprint density at radius 3 is 2.41 bits per heavy atom. The summed E-state index contributed by atoms with van der Waals surface area (Å²) in [6.45, 7) is 4.64. The molecule has 4 rings (SSSR count). The molecule has 0 saturated carbocycles. The van der Waals surface area contributed by atoms with Crippen LogP contribution in [0, 0.1) is 6.92 Å². The van der Waals surface area contributed by atoms with Gasteiger partial charge < -0.3 is 4.74 Å². The summed E-state index contributed by atoms with van der Waals surface area (Å²) in [6, 6.07) is 18.2. The van der Waals surface area contributed by atoms with E-state index in [1.807, 2.05) is 25.1 Å². The van der Waals surface area contributed by atoms with Gasteiger partial charge in [-0.05, 0) is 43.5 Å². The summed E-state index contributed by atoms with van der Waals surface area (Å²) in [5, 5.41) is 0. The van der Waals surface area contributed by atoms with Crippen molar-refractivity contribution in [2.24, 2.45) is 0 Å². The van der Waals surface area contributed by atoms with Crippen molar-refractivity contribution in [1.82, 2.24) is 9.21 Å². The molecule has 0 aliphatic carbocycles.